The smallest absolute Gasteiger partial charge is 0.268 e. The van der Waals surface area contributed by atoms with Crippen LogP contribution >= 0.6 is 0 Å². The fraction of sp³-hybridized carbons (Fsp3) is 0.222. The minimum Gasteiger partial charge on any atom is -0.478 e. The second kappa shape index (κ2) is 6.23. The van der Waals surface area contributed by atoms with Crippen LogP contribution in [0.3, 0.4) is 0 Å². The van der Waals surface area contributed by atoms with Crippen molar-refractivity contribution < 1.29 is 14.3 Å². The lowest BCUT2D eigenvalue weighted by Gasteiger charge is -2.34. The van der Waals surface area contributed by atoms with Crippen LogP contribution in [0.4, 0.5) is 11.4 Å². The van der Waals surface area contributed by atoms with Gasteiger partial charge in [-0.3, -0.25) is 14.5 Å². The van der Waals surface area contributed by atoms with E-state index in [0.717, 1.165) is 11.1 Å². The summed E-state index contributed by atoms with van der Waals surface area (Å²) in [5.74, 6) is -0.383. The van der Waals surface area contributed by atoms with Gasteiger partial charge in [0.2, 0.25) is 5.91 Å². The van der Waals surface area contributed by atoms with Crippen molar-refractivity contribution in [1.29, 1.82) is 0 Å². The summed E-state index contributed by atoms with van der Waals surface area (Å²) < 4.78 is 5.87. The van der Waals surface area contributed by atoms with E-state index in [2.05, 4.69) is 0 Å². The Hall–Kier alpha value is -3.02. The molecule has 0 radical (unpaired) electrons. The highest BCUT2D eigenvalue weighted by molar-refractivity contribution is 6.04. The van der Waals surface area contributed by atoms with Crippen LogP contribution < -0.4 is 21.1 Å². The molecule has 0 saturated heterocycles. The molecule has 0 aliphatic carbocycles. The second-order valence-corrected chi connectivity index (χ2v) is 5.85. The Morgan fingerprint density at radius 3 is 2.71 bits per heavy atom. The van der Waals surface area contributed by atoms with Gasteiger partial charge >= 0.3 is 0 Å². The molecular formula is C18H19N3O3. The highest BCUT2D eigenvalue weighted by atomic mass is 16.5. The zero-order valence-corrected chi connectivity index (χ0v) is 13.4. The largest absolute Gasteiger partial charge is 0.478 e. The van der Waals surface area contributed by atoms with Crippen LogP contribution in [0.1, 0.15) is 11.1 Å². The van der Waals surface area contributed by atoms with Gasteiger partial charge in [0.15, 0.2) is 6.10 Å². The zero-order chi connectivity index (χ0) is 17.3. The first-order valence-electron chi connectivity index (χ1n) is 7.66. The van der Waals surface area contributed by atoms with E-state index in [4.69, 9.17) is 16.2 Å². The summed E-state index contributed by atoms with van der Waals surface area (Å²) in [7, 11) is 0. The predicted octanol–water partition coefficient (Wildman–Crippen LogP) is 1.40. The van der Waals surface area contributed by atoms with Gasteiger partial charge in [0.1, 0.15) is 12.3 Å². The van der Waals surface area contributed by atoms with Crippen LogP contribution in [0.15, 0.2) is 42.5 Å². The van der Waals surface area contributed by atoms with E-state index in [0.29, 0.717) is 23.5 Å². The first-order chi connectivity index (χ1) is 11.5. The Kier molecular flexibility index (Phi) is 4.12. The minimum absolute atomic E-state index is 0.191. The SMILES string of the molecule is Cc1ccccc1CC1Oc2cc(N)ccc2N(CC(N)=O)C1=O. The molecule has 0 fully saturated rings. The molecule has 2 aromatic rings. The Labute approximate surface area is 140 Å². The third-order valence-corrected chi connectivity index (χ3v) is 4.07. The molecule has 1 aliphatic heterocycles. The molecule has 1 unspecified atom stereocenters. The zero-order valence-electron chi connectivity index (χ0n) is 13.4. The minimum atomic E-state index is -0.722. The molecule has 1 heterocycles. The molecule has 124 valence electrons. The lowest BCUT2D eigenvalue weighted by molar-refractivity contribution is -0.128. The number of amides is 2. The van der Waals surface area contributed by atoms with Gasteiger partial charge in [-0.15, -0.1) is 0 Å². The third kappa shape index (κ3) is 3.03. The van der Waals surface area contributed by atoms with Crippen molar-refractivity contribution in [3.05, 3.63) is 53.6 Å². The van der Waals surface area contributed by atoms with Crippen molar-refractivity contribution in [3.8, 4) is 5.75 Å². The Bertz CT molecular complexity index is 804. The van der Waals surface area contributed by atoms with Gasteiger partial charge in [-0.1, -0.05) is 24.3 Å². The Morgan fingerprint density at radius 2 is 2.00 bits per heavy atom. The normalized spacial score (nSPS) is 16.5. The molecular weight excluding hydrogens is 306 g/mol. The molecule has 0 aromatic heterocycles. The summed E-state index contributed by atoms with van der Waals surface area (Å²) in [6, 6.07) is 12.8. The van der Waals surface area contributed by atoms with Crippen LogP contribution in [-0.2, 0) is 16.0 Å². The number of nitrogens with two attached hydrogens (primary N) is 2. The topological polar surface area (TPSA) is 98.7 Å². The Balaban J connectivity index is 1.96. The van der Waals surface area contributed by atoms with Crippen molar-refractivity contribution >= 4 is 23.2 Å². The molecule has 0 saturated carbocycles. The molecule has 2 aromatic carbocycles. The number of nitrogens with zero attached hydrogens (tertiary/aromatic N) is 1. The van der Waals surface area contributed by atoms with Crippen molar-refractivity contribution in [2.75, 3.05) is 17.2 Å². The van der Waals surface area contributed by atoms with E-state index in [9.17, 15) is 9.59 Å². The van der Waals surface area contributed by atoms with Crippen LogP contribution in [0.25, 0.3) is 0 Å². The molecule has 1 atom stereocenters. The summed E-state index contributed by atoms with van der Waals surface area (Å²) in [5.41, 5.74) is 14.2. The summed E-state index contributed by atoms with van der Waals surface area (Å²) in [4.78, 5) is 25.5. The first-order valence-corrected chi connectivity index (χ1v) is 7.66. The number of aryl methyl sites for hydroxylation is 1. The number of nitrogen functional groups attached to an aromatic ring is 1. The number of carbonyl (C=O) groups excluding carboxylic acids is 2. The quantitative estimate of drug-likeness (QED) is 0.830. The van der Waals surface area contributed by atoms with Crippen LogP contribution in [0.5, 0.6) is 5.75 Å². The number of benzene rings is 2. The number of fused-ring (bicyclic) bond motifs is 1. The van der Waals surface area contributed by atoms with Crippen molar-refractivity contribution in [2.24, 2.45) is 5.73 Å². The maximum Gasteiger partial charge on any atom is 0.268 e. The highest BCUT2D eigenvalue weighted by Gasteiger charge is 2.35. The van der Waals surface area contributed by atoms with Gasteiger partial charge in [0.25, 0.3) is 5.91 Å². The molecule has 24 heavy (non-hydrogen) atoms. The first kappa shape index (κ1) is 15.9. The fourth-order valence-corrected chi connectivity index (χ4v) is 2.83. The Morgan fingerprint density at radius 1 is 1.25 bits per heavy atom. The monoisotopic (exact) mass is 325 g/mol. The summed E-state index contributed by atoms with van der Waals surface area (Å²) in [5, 5.41) is 0. The molecule has 4 N–H and O–H groups in total. The molecule has 1 aliphatic rings. The molecule has 2 amide bonds. The van der Waals surface area contributed by atoms with E-state index in [1.54, 1.807) is 18.2 Å². The standard InChI is InChI=1S/C18H19N3O3/c1-11-4-2-3-5-12(11)8-16-18(23)21(10-17(20)22)14-7-6-13(19)9-15(14)24-16/h2-7,9,16H,8,10,19H2,1H3,(H2,20,22). The summed E-state index contributed by atoms with van der Waals surface area (Å²) in [6.45, 7) is 1.79. The number of ether oxygens (including phenoxy) is 1. The predicted molar refractivity (Wildman–Crippen MR) is 91.7 cm³/mol. The lowest BCUT2D eigenvalue weighted by Crippen LogP contribution is -2.49. The van der Waals surface area contributed by atoms with Gasteiger partial charge in [-0.2, -0.15) is 0 Å². The fourth-order valence-electron chi connectivity index (χ4n) is 2.83. The van der Waals surface area contributed by atoms with E-state index >= 15 is 0 Å². The van der Waals surface area contributed by atoms with Crippen LogP contribution in [0, 0.1) is 6.92 Å². The summed E-state index contributed by atoms with van der Waals surface area (Å²) >= 11 is 0. The number of hydrogen-bond donors (Lipinski definition) is 2. The molecule has 6 heteroatoms. The number of hydrogen-bond acceptors (Lipinski definition) is 4. The third-order valence-electron chi connectivity index (χ3n) is 4.07. The van der Waals surface area contributed by atoms with E-state index in [1.165, 1.54) is 4.90 Å². The maximum atomic E-state index is 12.8. The number of anilines is 2. The van der Waals surface area contributed by atoms with E-state index in [1.807, 2.05) is 31.2 Å². The van der Waals surface area contributed by atoms with Crippen molar-refractivity contribution in [2.45, 2.75) is 19.4 Å². The average Bonchev–Trinajstić information content (AvgIpc) is 2.53. The second-order valence-electron chi connectivity index (χ2n) is 5.85. The summed E-state index contributed by atoms with van der Waals surface area (Å²) in [6.07, 6.45) is -0.311. The van der Waals surface area contributed by atoms with Gasteiger partial charge in [-0.25, -0.2) is 0 Å². The van der Waals surface area contributed by atoms with E-state index in [-0.39, 0.29) is 12.5 Å². The van der Waals surface area contributed by atoms with Crippen LogP contribution in [0.2, 0.25) is 0 Å². The van der Waals surface area contributed by atoms with Crippen LogP contribution in [-0.4, -0.2) is 24.5 Å². The average molecular weight is 325 g/mol. The molecule has 0 spiro atoms. The molecule has 3 rings (SSSR count). The van der Waals surface area contributed by atoms with Gasteiger partial charge in [-0.05, 0) is 30.2 Å². The highest BCUT2D eigenvalue weighted by Crippen LogP contribution is 2.36. The maximum absolute atomic E-state index is 12.8. The number of carbonyl (C=O) groups is 2. The van der Waals surface area contributed by atoms with Crippen molar-refractivity contribution in [3.63, 3.8) is 0 Å². The van der Waals surface area contributed by atoms with Gasteiger partial charge in [0.05, 0.1) is 5.69 Å². The molecule has 6 nitrogen and oxygen atoms in total. The van der Waals surface area contributed by atoms with Gasteiger partial charge in [0, 0.05) is 18.2 Å². The van der Waals surface area contributed by atoms with Gasteiger partial charge < -0.3 is 16.2 Å². The number of rotatable bonds is 4. The number of primary amides is 1. The lowest BCUT2D eigenvalue weighted by atomic mass is 10.0. The molecule has 0 bridgehead atoms. The van der Waals surface area contributed by atoms with E-state index < -0.39 is 12.0 Å². The van der Waals surface area contributed by atoms with Crippen molar-refractivity contribution in [1.82, 2.24) is 0 Å².